The van der Waals surface area contributed by atoms with Crippen molar-refractivity contribution in [2.75, 3.05) is 5.06 Å². The minimum atomic E-state index is -0.487. The number of amides is 1. The topological polar surface area (TPSA) is 58.4 Å². The molecule has 0 aliphatic rings. The Morgan fingerprint density at radius 1 is 0.893 bits per heavy atom. The van der Waals surface area contributed by atoms with E-state index in [0.717, 1.165) is 15.6 Å². The lowest BCUT2D eigenvalue weighted by atomic mass is 10.2. The molecule has 0 bridgehead atoms. The minimum Gasteiger partial charge on any atom is -0.281 e. The Kier molecular flexibility index (Phi) is 5.23. The number of hydrogen-bond acceptors (Lipinski definition) is 4. The Morgan fingerprint density at radius 2 is 1.61 bits per heavy atom. The summed E-state index contributed by atoms with van der Waals surface area (Å²) >= 11 is 1.57. The Morgan fingerprint density at radius 3 is 2.36 bits per heavy atom. The lowest BCUT2D eigenvalue weighted by Gasteiger charge is -2.16. The molecule has 1 heterocycles. The van der Waals surface area contributed by atoms with E-state index < -0.39 is 5.91 Å². The van der Waals surface area contributed by atoms with E-state index in [9.17, 15) is 10.0 Å². The number of benzene rings is 3. The Hall–Kier alpha value is -3.35. The van der Waals surface area contributed by atoms with Crippen molar-refractivity contribution in [3.05, 3.63) is 103 Å². The van der Waals surface area contributed by atoms with Crippen LogP contribution >= 0.6 is 11.8 Å². The number of hydroxylamine groups is 1. The summed E-state index contributed by atoms with van der Waals surface area (Å²) in [4.78, 5) is 13.6. The second kappa shape index (κ2) is 8.12. The third kappa shape index (κ3) is 3.98. The number of nitrogens with zero attached hydrogens (tertiary/aromatic N) is 3. The van der Waals surface area contributed by atoms with Crippen molar-refractivity contribution < 1.29 is 10.0 Å². The summed E-state index contributed by atoms with van der Waals surface area (Å²) in [5.74, 6) is -0.487. The summed E-state index contributed by atoms with van der Waals surface area (Å²) in [5, 5.41) is 16.5. The van der Waals surface area contributed by atoms with Crippen LogP contribution in [0.2, 0.25) is 0 Å². The van der Waals surface area contributed by atoms with Gasteiger partial charge >= 0.3 is 0 Å². The quantitative estimate of drug-likeness (QED) is 0.384. The Balaban J connectivity index is 1.55. The molecule has 0 aliphatic carbocycles. The Labute approximate surface area is 166 Å². The highest BCUT2D eigenvalue weighted by molar-refractivity contribution is 7.99. The molecule has 0 aliphatic heterocycles. The second-order valence-corrected chi connectivity index (χ2v) is 7.11. The van der Waals surface area contributed by atoms with E-state index in [2.05, 4.69) is 5.10 Å². The average molecular weight is 387 g/mol. The maximum Gasteiger partial charge on any atom is 0.281 e. The number of aromatic nitrogens is 2. The van der Waals surface area contributed by atoms with Gasteiger partial charge in [-0.2, -0.15) is 10.2 Å². The number of carbonyl (C=O) groups is 1. The van der Waals surface area contributed by atoms with Crippen LogP contribution < -0.4 is 5.06 Å². The standard InChI is InChI=1S/C22H17N3O2S/c26-22(17-8-3-1-4-9-17)25(27)19-11-7-10-18(16-19)24-15-14-21(23-24)28-20-12-5-2-6-13-20/h1-16,27H. The summed E-state index contributed by atoms with van der Waals surface area (Å²) < 4.78 is 1.72. The third-order valence-corrected chi connectivity index (χ3v) is 5.02. The van der Waals surface area contributed by atoms with Crippen molar-refractivity contribution in [2.24, 2.45) is 0 Å². The van der Waals surface area contributed by atoms with Gasteiger partial charge in [-0.3, -0.25) is 10.0 Å². The first kappa shape index (κ1) is 18.0. The summed E-state index contributed by atoms with van der Waals surface area (Å²) in [6, 6.07) is 27.6. The average Bonchev–Trinajstić information content (AvgIpc) is 3.22. The highest BCUT2D eigenvalue weighted by Crippen LogP contribution is 2.27. The van der Waals surface area contributed by atoms with Gasteiger partial charge in [0.15, 0.2) is 0 Å². The normalized spacial score (nSPS) is 10.6. The van der Waals surface area contributed by atoms with Gasteiger partial charge < -0.3 is 0 Å². The van der Waals surface area contributed by atoms with Gasteiger partial charge in [-0.25, -0.2) is 4.68 Å². The summed E-state index contributed by atoms with van der Waals surface area (Å²) in [5.41, 5.74) is 1.53. The molecule has 0 saturated carbocycles. The molecule has 0 saturated heterocycles. The van der Waals surface area contributed by atoms with Crippen LogP contribution in [0.3, 0.4) is 0 Å². The van der Waals surface area contributed by atoms with Crippen LogP contribution in [0.25, 0.3) is 5.69 Å². The monoisotopic (exact) mass is 387 g/mol. The van der Waals surface area contributed by atoms with Crippen molar-refractivity contribution in [1.82, 2.24) is 9.78 Å². The van der Waals surface area contributed by atoms with Crippen LogP contribution in [0.5, 0.6) is 0 Å². The highest BCUT2D eigenvalue weighted by atomic mass is 32.2. The van der Waals surface area contributed by atoms with Gasteiger partial charge in [0.05, 0.1) is 11.4 Å². The zero-order valence-electron chi connectivity index (χ0n) is 14.8. The van der Waals surface area contributed by atoms with Crippen LogP contribution in [0.15, 0.2) is 107 Å². The first-order valence-corrected chi connectivity index (χ1v) is 9.50. The second-order valence-electron chi connectivity index (χ2n) is 6.02. The summed E-state index contributed by atoms with van der Waals surface area (Å²) in [7, 11) is 0. The van der Waals surface area contributed by atoms with Crippen LogP contribution in [-0.4, -0.2) is 20.9 Å². The highest BCUT2D eigenvalue weighted by Gasteiger charge is 2.16. The van der Waals surface area contributed by atoms with Gasteiger partial charge in [0.1, 0.15) is 5.03 Å². The van der Waals surface area contributed by atoms with E-state index in [1.807, 2.05) is 54.7 Å². The molecule has 0 atom stereocenters. The number of carbonyl (C=O) groups excluding carboxylic acids is 1. The summed E-state index contributed by atoms with van der Waals surface area (Å²) in [6.07, 6.45) is 1.85. The molecular weight excluding hydrogens is 370 g/mol. The zero-order valence-corrected chi connectivity index (χ0v) is 15.7. The van der Waals surface area contributed by atoms with Gasteiger partial charge in [0.25, 0.3) is 5.91 Å². The molecule has 5 nitrogen and oxygen atoms in total. The van der Waals surface area contributed by atoms with Gasteiger partial charge in [-0.05, 0) is 48.5 Å². The van der Waals surface area contributed by atoms with Crippen LogP contribution in [0.4, 0.5) is 5.69 Å². The third-order valence-electron chi connectivity index (χ3n) is 4.08. The fourth-order valence-electron chi connectivity index (χ4n) is 2.70. The van der Waals surface area contributed by atoms with E-state index in [1.54, 1.807) is 58.9 Å². The summed E-state index contributed by atoms with van der Waals surface area (Å²) in [6.45, 7) is 0. The SMILES string of the molecule is O=C(c1ccccc1)N(O)c1cccc(-n2ccc(Sc3ccccc3)n2)c1. The lowest BCUT2D eigenvalue weighted by molar-refractivity contribution is 0.0855. The fourth-order valence-corrected chi connectivity index (χ4v) is 3.49. The molecule has 1 amide bonds. The number of hydrogen-bond donors (Lipinski definition) is 1. The molecule has 1 N–H and O–H groups in total. The van der Waals surface area contributed by atoms with Crippen molar-refractivity contribution in [2.45, 2.75) is 9.92 Å². The fraction of sp³-hybridized carbons (Fsp3) is 0. The van der Waals surface area contributed by atoms with E-state index in [-0.39, 0.29) is 0 Å². The number of rotatable bonds is 5. The van der Waals surface area contributed by atoms with E-state index >= 15 is 0 Å². The van der Waals surface area contributed by atoms with Crippen molar-refractivity contribution >= 4 is 23.4 Å². The molecule has 28 heavy (non-hydrogen) atoms. The molecule has 6 heteroatoms. The minimum absolute atomic E-state index is 0.374. The predicted molar refractivity (Wildman–Crippen MR) is 109 cm³/mol. The maximum atomic E-state index is 12.5. The van der Waals surface area contributed by atoms with E-state index in [4.69, 9.17) is 0 Å². The van der Waals surface area contributed by atoms with Crippen LogP contribution in [0, 0.1) is 0 Å². The predicted octanol–water partition coefficient (Wildman–Crippen LogP) is 5.06. The Bertz CT molecular complexity index is 1080. The van der Waals surface area contributed by atoms with Crippen molar-refractivity contribution in [3.8, 4) is 5.69 Å². The van der Waals surface area contributed by atoms with Crippen LogP contribution in [-0.2, 0) is 0 Å². The van der Waals surface area contributed by atoms with Gasteiger partial charge in [0, 0.05) is 16.7 Å². The molecule has 0 fully saturated rings. The maximum absolute atomic E-state index is 12.5. The first-order valence-electron chi connectivity index (χ1n) is 8.68. The first-order chi connectivity index (χ1) is 13.7. The number of anilines is 1. The zero-order chi connectivity index (χ0) is 19.3. The van der Waals surface area contributed by atoms with Gasteiger partial charge in [-0.15, -0.1) is 0 Å². The molecule has 4 aromatic rings. The van der Waals surface area contributed by atoms with Gasteiger partial charge in [0.2, 0.25) is 0 Å². The lowest BCUT2D eigenvalue weighted by Crippen LogP contribution is -2.27. The van der Waals surface area contributed by atoms with Crippen molar-refractivity contribution in [3.63, 3.8) is 0 Å². The molecule has 3 aromatic carbocycles. The molecule has 0 radical (unpaired) electrons. The molecule has 0 unspecified atom stereocenters. The van der Waals surface area contributed by atoms with E-state index in [0.29, 0.717) is 16.3 Å². The van der Waals surface area contributed by atoms with Crippen LogP contribution in [0.1, 0.15) is 10.4 Å². The molecule has 1 aromatic heterocycles. The van der Waals surface area contributed by atoms with E-state index in [1.165, 1.54) is 0 Å². The smallest absolute Gasteiger partial charge is 0.281 e. The molecule has 4 rings (SSSR count). The van der Waals surface area contributed by atoms with Crippen molar-refractivity contribution in [1.29, 1.82) is 0 Å². The molecular formula is C22H17N3O2S. The van der Waals surface area contributed by atoms with Gasteiger partial charge in [-0.1, -0.05) is 54.2 Å². The molecule has 138 valence electrons. The largest absolute Gasteiger partial charge is 0.281 e. The molecule has 0 spiro atoms.